The Bertz CT molecular complexity index is 484. The van der Waals surface area contributed by atoms with Crippen LogP contribution in [0, 0.1) is 0 Å². The Morgan fingerprint density at radius 1 is 1.31 bits per heavy atom. The van der Waals surface area contributed by atoms with Gasteiger partial charge in [-0.3, -0.25) is 0 Å². The highest BCUT2D eigenvalue weighted by molar-refractivity contribution is 5.36. The molecule has 0 unspecified atom stereocenters. The zero-order valence-corrected chi connectivity index (χ0v) is 9.13. The molecule has 1 heterocycles. The number of benzene rings is 1. The van der Waals surface area contributed by atoms with Gasteiger partial charge in [-0.15, -0.1) is 0 Å². The molecule has 2 N–H and O–H groups in total. The van der Waals surface area contributed by atoms with Crippen LogP contribution in [0.15, 0.2) is 42.7 Å². The molecule has 0 bridgehead atoms. The van der Waals surface area contributed by atoms with E-state index in [1.165, 1.54) is 5.56 Å². The van der Waals surface area contributed by atoms with E-state index >= 15 is 0 Å². The maximum Gasteiger partial charge on any atom is 0.0648 e. The van der Waals surface area contributed by atoms with Gasteiger partial charge in [-0.05, 0) is 43.0 Å². The Morgan fingerprint density at radius 3 is 2.88 bits per heavy atom. The van der Waals surface area contributed by atoms with E-state index < -0.39 is 0 Å². The van der Waals surface area contributed by atoms with Gasteiger partial charge in [-0.2, -0.15) is 5.10 Å². The average Bonchev–Trinajstić information content (AvgIpc) is 2.84. The molecule has 3 heteroatoms. The van der Waals surface area contributed by atoms with Crippen molar-refractivity contribution in [1.82, 2.24) is 9.78 Å². The normalized spacial score (nSPS) is 17.3. The Balaban J connectivity index is 1.88. The fourth-order valence-electron chi connectivity index (χ4n) is 1.97. The van der Waals surface area contributed by atoms with Crippen LogP contribution in [-0.4, -0.2) is 15.3 Å². The van der Waals surface area contributed by atoms with Gasteiger partial charge in [-0.1, -0.05) is 12.1 Å². The molecule has 2 aromatic rings. The first-order valence-corrected chi connectivity index (χ1v) is 5.63. The van der Waals surface area contributed by atoms with Crippen LogP contribution in [0.5, 0.6) is 0 Å². The molecule has 1 aromatic carbocycles. The van der Waals surface area contributed by atoms with E-state index in [0.29, 0.717) is 0 Å². The molecule has 0 amide bonds. The van der Waals surface area contributed by atoms with Gasteiger partial charge < -0.3 is 5.73 Å². The minimum Gasteiger partial charge on any atom is -0.325 e. The van der Waals surface area contributed by atoms with Crippen LogP contribution in [0.25, 0.3) is 5.69 Å². The quantitative estimate of drug-likeness (QED) is 0.846. The van der Waals surface area contributed by atoms with Crippen LogP contribution in [-0.2, 0) is 6.42 Å². The lowest BCUT2D eigenvalue weighted by Gasteiger charge is -2.09. The minimum atomic E-state index is 0.0722. The third kappa shape index (κ3) is 1.86. The average molecular weight is 213 g/mol. The van der Waals surface area contributed by atoms with Gasteiger partial charge in [-0.25, -0.2) is 4.68 Å². The highest BCUT2D eigenvalue weighted by Gasteiger charge is 2.37. The number of hydrogen-bond donors (Lipinski definition) is 1. The number of nitrogens with zero attached hydrogens (tertiary/aromatic N) is 2. The zero-order chi connectivity index (χ0) is 11.0. The molecule has 1 aliphatic carbocycles. The van der Waals surface area contributed by atoms with Crippen molar-refractivity contribution in [3.63, 3.8) is 0 Å². The molecule has 0 saturated heterocycles. The van der Waals surface area contributed by atoms with Crippen LogP contribution >= 0.6 is 0 Å². The summed E-state index contributed by atoms with van der Waals surface area (Å²) in [6.45, 7) is 0. The van der Waals surface area contributed by atoms with Crippen molar-refractivity contribution in [2.75, 3.05) is 0 Å². The summed E-state index contributed by atoms with van der Waals surface area (Å²) >= 11 is 0. The van der Waals surface area contributed by atoms with Crippen molar-refractivity contribution in [1.29, 1.82) is 0 Å². The number of rotatable bonds is 3. The molecule has 0 atom stereocenters. The summed E-state index contributed by atoms with van der Waals surface area (Å²) in [5.74, 6) is 0. The van der Waals surface area contributed by atoms with E-state index in [2.05, 4.69) is 29.4 Å². The van der Waals surface area contributed by atoms with Crippen LogP contribution in [0.3, 0.4) is 0 Å². The van der Waals surface area contributed by atoms with Crippen LogP contribution in [0.1, 0.15) is 18.4 Å². The first-order valence-electron chi connectivity index (χ1n) is 5.63. The van der Waals surface area contributed by atoms with Gasteiger partial charge in [0.1, 0.15) is 0 Å². The van der Waals surface area contributed by atoms with E-state index in [1.807, 2.05) is 16.9 Å². The summed E-state index contributed by atoms with van der Waals surface area (Å²) in [4.78, 5) is 0. The second kappa shape index (κ2) is 3.46. The number of hydrogen-bond acceptors (Lipinski definition) is 2. The lowest BCUT2D eigenvalue weighted by Crippen LogP contribution is -2.24. The molecule has 1 aromatic heterocycles. The van der Waals surface area contributed by atoms with Crippen molar-refractivity contribution in [3.05, 3.63) is 48.3 Å². The standard InChI is InChI=1S/C13H15N3/c14-13(5-6-13)10-11-3-1-4-12(9-11)16-8-2-7-15-16/h1-4,7-9H,5-6,10,14H2. The molecule has 1 saturated carbocycles. The van der Waals surface area contributed by atoms with Gasteiger partial charge in [0.25, 0.3) is 0 Å². The Kier molecular flexibility index (Phi) is 2.07. The SMILES string of the molecule is NC1(Cc2cccc(-n3cccn3)c2)CC1. The largest absolute Gasteiger partial charge is 0.325 e. The summed E-state index contributed by atoms with van der Waals surface area (Å²) in [5.41, 5.74) is 8.60. The second-order valence-corrected chi connectivity index (χ2v) is 4.66. The fraction of sp³-hybridized carbons (Fsp3) is 0.308. The van der Waals surface area contributed by atoms with Gasteiger partial charge in [0, 0.05) is 17.9 Å². The molecule has 1 fully saturated rings. The molecular formula is C13H15N3. The molecule has 16 heavy (non-hydrogen) atoms. The highest BCUT2D eigenvalue weighted by atomic mass is 15.3. The van der Waals surface area contributed by atoms with E-state index in [0.717, 1.165) is 24.9 Å². The molecule has 0 spiro atoms. The fourth-order valence-corrected chi connectivity index (χ4v) is 1.97. The molecule has 3 nitrogen and oxygen atoms in total. The summed E-state index contributed by atoms with van der Waals surface area (Å²) in [6, 6.07) is 10.4. The van der Waals surface area contributed by atoms with Crippen LogP contribution < -0.4 is 5.73 Å². The summed E-state index contributed by atoms with van der Waals surface area (Å²) in [6.07, 6.45) is 7.02. The first-order chi connectivity index (χ1) is 7.75. The van der Waals surface area contributed by atoms with E-state index in [9.17, 15) is 0 Å². The predicted molar refractivity (Wildman–Crippen MR) is 63.4 cm³/mol. The smallest absolute Gasteiger partial charge is 0.0648 e. The van der Waals surface area contributed by atoms with Crippen molar-refractivity contribution in [2.45, 2.75) is 24.8 Å². The first kappa shape index (κ1) is 9.60. The molecule has 1 aliphatic rings. The zero-order valence-electron chi connectivity index (χ0n) is 9.13. The lowest BCUT2D eigenvalue weighted by atomic mass is 10.0. The van der Waals surface area contributed by atoms with Crippen molar-refractivity contribution < 1.29 is 0 Å². The van der Waals surface area contributed by atoms with Crippen molar-refractivity contribution in [3.8, 4) is 5.69 Å². The molecular weight excluding hydrogens is 198 g/mol. The van der Waals surface area contributed by atoms with Crippen molar-refractivity contribution in [2.24, 2.45) is 5.73 Å². The number of aromatic nitrogens is 2. The Labute approximate surface area is 94.9 Å². The molecule has 0 radical (unpaired) electrons. The van der Waals surface area contributed by atoms with E-state index in [4.69, 9.17) is 5.73 Å². The predicted octanol–water partition coefficient (Wildman–Crippen LogP) is 1.91. The van der Waals surface area contributed by atoms with Gasteiger partial charge in [0.15, 0.2) is 0 Å². The van der Waals surface area contributed by atoms with Gasteiger partial charge in [0.2, 0.25) is 0 Å². The molecule has 82 valence electrons. The van der Waals surface area contributed by atoms with Crippen LogP contribution in [0.2, 0.25) is 0 Å². The summed E-state index contributed by atoms with van der Waals surface area (Å²) in [5, 5.41) is 4.23. The van der Waals surface area contributed by atoms with Gasteiger partial charge in [0.05, 0.1) is 5.69 Å². The topological polar surface area (TPSA) is 43.8 Å². The summed E-state index contributed by atoms with van der Waals surface area (Å²) < 4.78 is 1.87. The van der Waals surface area contributed by atoms with Crippen LogP contribution in [0.4, 0.5) is 0 Å². The van der Waals surface area contributed by atoms with Gasteiger partial charge >= 0.3 is 0 Å². The Hall–Kier alpha value is -1.61. The second-order valence-electron chi connectivity index (χ2n) is 4.66. The maximum absolute atomic E-state index is 6.12. The molecule has 0 aliphatic heterocycles. The van der Waals surface area contributed by atoms with E-state index in [1.54, 1.807) is 6.20 Å². The lowest BCUT2D eigenvalue weighted by molar-refractivity contribution is 0.671. The molecule has 3 rings (SSSR count). The summed E-state index contributed by atoms with van der Waals surface area (Å²) in [7, 11) is 0. The third-order valence-corrected chi connectivity index (χ3v) is 3.13. The Morgan fingerprint density at radius 2 is 2.19 bits per heavy atom. The monoisotopic (exact) mass is 213 g/mol. The third-order valence-electron chi connectivity index (χ3n) is 3.13. The minimum absolute atomic E-state index is 0.0722. The van der Waals surface area contributed by atoms with E-state index in [-0.39, 0.29) is 5.54 Å². The maximum atomic E-state index is 6.12. The highest BCUT2D eigenvalue weighted by Crippen LogP contribution is 2.35. The number of nitrogens with two attached hydrogens (primary N) is 1. The van der Waals surface area contributed by atoms with Crippen molar-refractivity contribution >= 4 is 0 Å².